The van der Waals surface area contributed by atoms with Crippen molar-refractivity contribution in [3.05, 3.63) is 52.8 Å². The molecule has 20 heavy (non-hydrogen) atoms. The number of amides is 1. The van der Waals surface area contributed by atoms with Crippen LogP contribution in [0.5, 0.6) is 11.5 Å². The third kappa shape index (κ3) is 2.40. The third-order valence-electron chi connectivity index (χ3n) is 2.81. The van der Waals surface area contributed by atoms with Crippen LogP contribution in [0.15, 0.2) is 36.4 Å². The van der Waals surface area contributed by atoms with E-state index in [1.54, 1.807) is 18.2 Å². The molecular weight excluding hydrogens is 285 g/mol. The number of carbonyl (C=O) groups is 1. The van der Waals surface area contributed by atoms with Gasteiger partial charge in [0.1, 0.15) is 5.82 Å². The van der Waals surface area contributed by atoms with Gasteiger partial charge in [-0.1, -0.05) is 11.6 Å². The summed E-state index contributed by atoms with van der Waals surface area (Å²) in [5, 5.41) is 2.75. The summed E-state index contributed by atoms with van der Waals surface area (Å²) < 4.78 is 23.3. The molecule has 1 heterocycles. The maximum Gasteiger partial charge on any atom is 0.255 e. The predicted molar refractivity (Wildman–Crippen MR) is 71.9 cm³/mol. The minimum atomic E-state index is -0.462. The molecule has 1 aliphatic rings. The van der Waals surface area contributed by atoms with E-state index >= 15 is 0 Å². The molecule has 0 atom stereocenters. The van der Waals surface area contributed by atoms with Gasteiger partial charge in [0.2, 0.25) is 6.79 Å². The Labute approximate surface area is 119 Å². The van der Waals surface area contributed by atoms with Crippen molar-refractivity contribution >= 4 is 23.2 Å². The van der Waals surface area contributed by atoms with E-state index in [1.807, 2.05) is 0 Å². The Hall–Kier alpha value is -2.27. The molecule has 1 N–H and O–H groups in total. The SMILES string of the molecule is O=C(Nc1ccc(F)cc1Cl)c1ccc2c(c1)OCO2. The average Bonchev–Trinajstić information content (AvgIpc) is 2.89. The van der Waals surface area contributed by atoms with Crippen LogP contribution in [0.1, 0.15) is 10.4 Å². The molecule has 2 aromatic rings. The number of ether oxygens (including phenoxy) is 2. The van der Waals surface area contributed by atoms with Gasteiger partial charge in [-0.25, -0.2) is 4.39 Å². The van der Waals surface area contributed by atoms with Gasteiger partial charge >= 0.3 is 0 Å². The zero-order chi connectivity index (χ0) is 14.1. The highest BCUT2D eigenvalue weighted by Crippen LogP contribution is 2.33. The van der Waals surface area contributed by atoms with Gasteiger partial charge in [0.05, 0.1) is 10.7 Å². The Bertz CT molecular complexity index is 690. The molecule has 3 rings (SSSR count). The highest BCUT2D eigenvalue weighted by molar-refractivity contribution is 6.33. The lowest BCUT2D eigenvalue weighted by Crippen LogP contribution is -2.12. The summed E-state index contributed by atoms with van der Waals surface area (Å²) in [6.07, 6.45) is 0. The number of hydrogen-bond acceptors (Lipinski definition) is 3. The molecule has 102 valence electrons. The fourth-order valence-electron chi connectivity index (χ4n) is 1.82. The molecule has 0 bridgehead atoms. The van der Waals surface area contributed by atoms with Gasteiger partial charge in [0, 0.05) is 5.56 Å². The molecule has 0 saturated heterocycles. The fourth-order valence-corrected chi connectivity index (χ4v) is 2.04. The van der Waals surface area contributed by atoms with E-state index in [2.05, 4.69) is 5.32 Å². The first-order valence-electron chi connectivity index (χ1n) is 5.79. The van der Waals surface area contributed by atoms with E-state index in [-0.39, 0.29) is 17.7 Å². The van der Waals surface area contributed by atoms with Gasteiger partial charge in [-0.3, -0.25) is 4.79 Å². The maximum absolute atomic E-state index is 12.9. The van der Waals surface area contributed by atoms with Crippen molar-refractivity contribution in [3.8, 4) is 11.5 Å². The number of rotatable bonds is 2. The standard InChI is InChI=1S/C14H9ClFNO3/c15-10-6-9(16)2-3-11(10)17-14(18)8-1-4-12-13(5-8)20-7-19-12/h1-6H,7H2,(H,17,18). The molecule has 0 aliphatic carbocycles. The largest absolute Gasteiger partial charge is 0.454 e. The summed E-state index contributed by atoms with van der Waals surface area (Å²) >= 11 is 5.86. The number of halogens is 2. The molecule has 0 saturated carbocycles. The van der Waals surface area contributed by atoms with Crippen molar-refractivity contribution in [2.75, 3.05) is 12.1 Å². The number of fused-ring (bicyclic) bond motifs is 1. The van der Waals surface area contributed by atoms with Gasteiger partial charge in [0.15, 0.2) is 11.5 Å². The highest BCUT2D eigenvalue weighted by Gasteiger charge is 2.16. The fraction of sp³-hybridized carbons (Fsp3) is 0.0714. The molecule has 0 spiro atoms. The zero-order valence-electron chi connectivity index (χ0n) is 10.2. The Balaban J connectivity index is 1.82. The number of nitrogens with one attached hydrogen (secondary N) is 1. The van der Waals surface area contributed by atoms with Crippen LogP contribution in [0.25, 0.3) is 0 Å². The molecular formula is C14H9ClFNO3. The number of anilines is 1. The summed E-state index contributed by atoms with van der Waals surface area (Å²) in [5.74, 6) is 0.289. The van der Waals surface area contributed by atoms with Crippen molar-refractivity contribution < 1.29 is 18.7 Å². The Kier molecular flexibility index (Phi) is 3.20. The van der Waals surface area contributed by atoms with Crippen molar-refractivity contribution in [1.29, 1.82) is 0 Å². The predicted octanol–water partition coefficient (Wildman–Crippen LogP) is 3.46. The summed E-state index contributed by atoms with van der Waals surface area (Å²) in [6.45, 7) is 0.143. The van der Waals surface area contributed by atoms with E-state index in [4.69, 9.17) is 21.1 Å². The number of hydrogen-bond donors (Lipinski definition) is 1. The second-order valence-corrected chi connectivity index (χ2v) is 4.55. The maximum atomic E-state index is 12.9. The number of benzene rings is 2. The molecule has 0 radical (unpaired) electrons. The Morgan fingerprint density at radius 1 is 1.15 bits per heavy atom. The first-order chi connectivity index (χ1) is 9.63. The van der Waals surface area contributed by atoms with Crippen molar-refractivity contribution in [3.63, 3.8) is 0 Å². The third-order valence-corrected chi connectivity index (χ3v) is 3.13. The second-order valence-electron chi connectivity index (χ2n) is 4.15. The zero-order valence-corrected chi connectivity index (χ0v) is 10.9. The van der Waals surface area contributed by atoms with Crippen LogP contribution in [-0.4, -0.2) is 12.7 Å². The first-order valence-corrected chi connectivity index (χ1v) is 6.17. The van der Waals surface area contributed by atoms with E-state index in [0.717, 1.165) is 6.07 Å². The topological polar surface area (TPSA) is 47.6 Å². The van der Waals surface area contributed by atoms with E-state index in [1.165, 1.54) is 12.1 Å². The van der Waals surface area contributed by atoms with E-state index < -0.39 is 5.82 Å². The van der Waals surface area contributed by atoms with Gasteiger partial charge in [-0.15, -0.1) is 0 Å². The minimum absolute atomic E-state index is 0.138. The minimum Gasteiger partial charge on any atom is -0.454 e. The summed E-state index contributed by atoms with van der Waals surface area (Å²) in [6, 6.07) is 8.61. The van der Waals surface area contributed by atoms with Gasteiger partial charge in [0.25, 0.3) is 5.91 Å². The summed E-state index contributed by atoms with van der Waals surface area (Å²) in [5.41, 5.74) is 0.741. The monoisotopic (exact) mass is 293 g/mol. The summed E-state index contributed by atoms with van der Waals surface area (Å²) in [4.78, 5) is 12.1. The van der Waals surface area contributed by atoms with Crippen LogP contribution in [0, 0.1) is 5.82 Å². The highest BCUT2D eigenvalue weighted by atomic mass is 35.5. The van der Waals surface area contributed by atoms with Gasteiger partial charge in [-0.05, 0) is 36.4 Å². The molecule has 0 aromatic heterocycles. The lowest BCUT2D eigenvalue weighted by molar-refractivity contribution is 0.102. The van der Waals surface area contributed by atoms with Gasteiger partial charge < -0.3 is 14.8 Å². The van der Waals surface area contributed by atoms with Crippen LogP contribution in [-0.2, 0) is 0 Å². The average molecular weight is 294 g/mol. The molecule has 1 aliphatic heterocycles. The van der Waals surface area contributed by atoms with Crippen LogP contribution in [0.2, 0.25) is 5.02 Å². The van der Waals surface area contributed by atoms with Crippen LogP contribution in [0.4, 0.5) is 10.1 Å². The van der Waals surface area contributed by atoms with E-state index in [0.29, 0.717) is 22.7 Å². The molecule has 6 heteroatoms. The van der Waals surface area contributed by atoms with Crippen molar-refractivity contribution in [2.24, 2.45) is 0 Å². The lowest BCUT2D eigenvalue weighted by Gasteiger charge is -2.07. The smallest absolute Gasteiger partial charge is 0.255 e. The number of carbonyl (C=O) groups excluding carboxylic acids is 1. The summed E-state index contributed by atoms with van der Waals surface area (Å²) in [7, 11) is 0. The Morgan fingerprint density at radius 2 is 1.95 bits per heavy atom. The lowest BCUT2D eigenvalue weighted by atomic mass is 10.2. The van der Waals surface area contributed by atoms with Crippen LogP contribution < -0.4 is 14.8 Å². The molecule has 0 fully saturated rings. The van der Waals surface area contributed by atoms with Crippen molar-refractivity contribution in [2.45, 2.75) is 0 Å². The van der Waals surface area contributed by atoms with Gasteiger partial charge in [-0.2, -0.15) is 0 Å². The molecule has 4 nitrogen and oxygen atoms in total. The first kappa shape index (κ1) is 12.7. The molecule has 1 amide bonds. The Morgan fingerprint density at radius 3 is 2.75 bits per heavy atom. The van der Waals surface area contributed by atoms with Crippen LogP contribution >= 0.6 is 11.6 Å². The van der Waals surface area contributed by atoms with Crippen LogP contribution in [0.3, 0.4) is 0 Å². The molecule has 0 unspecified atom stereocenters. The molecule has 2 aromatic carbocycles. The second kappa shape index (κ2) is 5.02. The van der Waals surface area contributed by atoms with E-state index in [9.17, 15) is 9.18 Å². The normalized spacial score (nSPS) is 12.3. The van der Waals surface area contributed by atoms with Crippen molar-refractivity contribution in [1.82, 2.24) is 0 Å². The quantitative estimate of drug-likeness (QED) is 0.922.